The summed E-state index contributed by atoms with van der Waals surface area (Å²) in [5.41, 5.74) is 0.290. The minimum Gasteiger partial charge on any atom is -0.337 e. The normalized spacial score (nSPS) is 19.9. The number of hydrogen-bond acceptors (Lipinski definition) is 5. The maximum absolute atomic E-state index is 13.3. The van der Waals surface area contributed by atoms with Crippen LogP contribution < -0.4 is 4.90 Å². The van der Waals surface area contributed by atoms with Crippen molar-refractivity contribution in [3.8, 4) is 0 Å². The van der Waals surface area contributed by atoms with Crippen LogP contribution in [0.25, 0.3) is 0 Å². The molecule has 1 saturated heterocycles. The first-order chi connectivity index (χ1) is 15.2. The number of aliphatic imine (C=N–C) groups is 1. The summed E-state index contributed by atoms with van der Waals surface area (Å²) < 4.78 is 39.3. The number of thioether (sulfide) groups is 2. The molecule has 1 amide bonds. The Bertz CT molecular complexity index is 1130. The summed E-state index contributed by atoms with van der Waals surface area (Å²) in [5, 5.41) is 1.74. The van der Waals surface area contributed by atoms with Gasteiger partial charge in [0.05, 0.1) is 22.0 Å². The minimum absolute atomic E-state index is 0.158. The average Bonchev–Trinajstić information content (AvgIpc) is 3.22. The van der Waals surface area contributed by atoms with E-state index in [4.69, 9.17) is 11.6 Å². The third-order valence-electron chi connectivity index (χ3n) is 4.98. The average molecular weight is 498 g/mol. The van der Waals surface area contributed by atoms with Gasteiger partial charge >= 0.3 is 6.18 Å². The van der Waals surface area contributed by atoms with Gasteiger partial charge in [-0.3, -0.25) is 9.69 Å². The second-order valence-corrected chi connectivity index (χ2v) is 9.71. The van der Waals surface area contributed by atoms with Gasteiger partial charge in [0.1, 0.15) is 4.91 Å². The van der Waals surface area contributed by atoms with E-state index < -0.39 is 11.7 Å². The summed E-state index contributed by atoms with van der Waals surface area (Å²) in [6.07, 6.45) is -2.83. The van der Waals surface area contributed by atoms with E-state index in [2.05, 4.69) is 4.99 Å². The zero-order valence-electron chi connectivity index (χ0n) is 17.2. The number of amides is 1. The van der Waals surface area contributed by atoms with E-state index in [0.717, 1.165) is 40.6 Å². The predicted molar refractivity (Wildman–Crippen MR) is 125 cm³/mol. The van der Waals surface area contributed by atoms with Gasteiger partial charge in [0, 0.05) is 23.5 Å². The van der Waals surface area contributed by atoms with E-state index in [1.54, 1.807) is 11.0 Å². The molecule has 4 nitrogen and oxygen atoms in total. The molecule has 0 bridgehead atoms. The molecule has 168 valence electrons. The molecule has 32 heavy (non-hydrogen) atoms. The number of alkyl halides is 3. The van der Waals surface area contributed by atoms with Crippen molar-refractivity contribution in [3.63, 3.8) is 0 Å². The predicted octanol–water partition coefficient (Wildman–Crippen LogP) is 7.13. The molecule has 2 aliphatic rings. The van der Waals surface area contributed by atoms with Crippen LogP contribution in [0.2, 0.25) is 5.02 Å². The number of hydrogen-bond donors (Lipinski definition) is 0. The molecule has 0 radical (unpaired) electrons. The highest BCUT2D eigenvalue weighted by atomic mass is 35.5. The van der Waals surface area contributed by atoms with Crippen LogP contribution in [-0.4, -0.2) is 29.6 Å². The molecule has 2 aromatic carbocycles. The Kier molecular flexibility index (Phi) is 6.51. The summed E-state index contributed by atoms with van der Waals surface area (Å²) in [4.78, 5) is 22.7. The van der Waals surface area contributed by atoms with E-state index >= 15 is 0 Å². The van der Waals surface area contributed by atoms with Gasteiger partial charge in [0.15, 0.2) is 5.17 Å². The van der Waals surface area contributed by atoms with Gasteiger partial charge in [-0.25, -0.2) is 4.99 Å². The van der Waals surface area contributed by atoms with Crippen molar-refractivity contribution in [1.29, 1.82) is 0 Å². The van der Waals surface area contributed by atoms with Gasteiger partial charge < -0.3 is 4.90 Å². The Hall–Kier alpha value is -2.10. The monoisotopic (exact) mass is 497 g/mol. The molecule has 10 heteroatoms. The van der Waals surface area contributed by atoms with Crippen LogP contribution in [0, 0.1) is 0 Å². The third kappa shape index (κ3) is 4.51. The number of fused-ring (bicyclic) bond motifs is 1. The maximum atomic E-state index is 13.3. The number of halogens is 4. The molecule has 4 rings (SSSR count). The lowest BCUT2D eigenvalue weighted by Crippen LogP contribution is -2.30. The lowest BCUT2D eigenvalue weighted by Gasteiger charge is -2.16. The van der Waals surface area contributed by atoms with E-state index in [1.165, 1.54) is 35.7 Å². The van der Waals surface area contributed by atoms with E-state index in [0.29, 0.717) is 21.6 Å². The quantitative estimate of drug-likeness (QED) is 0.421. The fourth-order valence-electron chi connectivity index (χ4n) is 3.31. The summed E-state index contributed by atoms with van der Waals surface area (Å²) in [6.45, 7) is 2.46. The Morgan fingerprint density at radius 2 is 1.91 bits per heavy atom. The first-order valence-electron chi connectivity index (χ1n) is 9.90. The number of benzene rings is 2. The molecular weight excluding hydrogens is 479 g/mol. The lowest BCUT2D eigenvalue weighted by molar-refractivity contribution is -0.137. The molecule has 0 saturated carbocycles. The Labute approximate surface area is 197 Å². The second-order valence-electron chi connectivity index (χ2n) is 7.26. The van der Waals surface area contributed by atoms with Gasteiger partial charge in [0.25, 0.3) is 5.91 Å². The first kappa shape index (κ1) is 23.1. The summed E-state index contributed by atoms with van der Waals surface area (Å²) in [5.74, 6) is -0.192. The molecular formula is C22H19ClF3N3OS2. The van der Waals surface area contributed by atoms with Crippen LogP contribution in [0.3, 0.4) is 0 Å². The Morgan fingerprint density at radius 1 is 1.12 bits per heavy atom. The number of carbonyl (C=O) groups excluding carboxylic acids is 1. The van der Waals surface area contributed by atoms with Crippen molar-refractivity contribution in [2.45, 2.75) is 30.8 Å². The van der Waals surface area contributed by atoms with Crippen molar-refractivity contribution < 1.29 is 18.0 Å². The molecule has 0 spiro atoms. The largest absolute Gasteiger partial charge is 0.416 e. The van der Waals surface area contributed by atoms with Crippen molar-refractivity contribution in [1.82, 2.24) is 4.90 Å². The van der Waals surface area contributed by atoms with Crippen LogP contribution >= 0.6 is 35.1 Å². The van der Waals surface area contributed by atoms with Crippen LogP contribution in [0.5, 0.6) is 0 Å². The second kappa shape index (κ2) is 9.03. The van der Waals surface area contributed by atoms with Crippen molar-refractivity contribution in [2.75, 3.05) is 18.5 Å². The zero-order chi connectivity index (χ0) is 23.0. The van der Waals surface area contributed by atoms with E-state index in [9.17, 15) is 18.0 Å². The first-order valence-corrected chi connectivity index (χ1v) is 11.9. The number of carbonyl (C=O) groups is 1. The van der Waals surface area contributed by atoms with Gasteiger partial charge in [-0.2, -0.15) is 13.2 Å². The van der Waals surface area contributed by atoms with Gasteiger partial charge in [-0.15, -0.1) is 0 Å². The number of amidine groups is 1. The Balaban J connectivity index is 1.72. The van der Waals surface area contributed by atoms with E-state index in [1.807, 2.05) is 31.0 Å². The highest BCUT2D eigenvalue weighted by Crippen LogP contribution is 2.50. The van der Waals surface area contributed by atoms with Crippen LogP contribution in [0.4, 0.5) is 24.5 Å². The number of anilines is 1. The topological polar surface area (TPSA) is 35.9 Å². The lowest BCUT2D eigenvalue weighted by atomic mass is 10.2. The van der Waals surface area contributed by atoms with Gasteiger partial charge in [0.2, 0.25) is 0 Å². The Morgan fingerprint density at radius 3 is 2.62 bits per heavy atom. The highest BCUT2D eigenvalue weighted by Gasteiger charge is 2.39. The molecule has 0 aliphatic carbocycles. The smallest absolute Gasteiger partial charge is 0.337 e. The standard InChI is InChI=1S/C22H19ClF3N3OS2/c1-3-4-10-29-19(30)18(20-28(2)16-12-14(23)8-9-17(16)31-20)32-21(29)27-15-7-5-6-13(11-15)22(24,25)26/h5-9,11-12H,3-4,10H2,1-2H3/b20-18-,27-21?. The molecule has 1 fully saturated rings. The molecule has 0 N–H and O–H groups in total. The fraction of sp³-hybridized carbons (Fsp3) is 0.273. The zero-order valence-corrected chi connectivity index (χ0v) is 19.6. The molecule has 0 aromatic heterocycles. The van der Waals surface area contributed by atoms with Crippen LogP contribution in [0.15, 0.2) is 62.3 Å². The van der Waals surface area contributed by atoms with Crippen molar-refractivity contribution in [3.05, 3.63) is 63.0 Å². The van der Waals surface area contributed by atoms with Crippen molar-refractivity contribution >= 4 is 57.6 Å². The van der Waals surface area contributed by atoms with Gasteiger partial charge in [-0.05, 0) is 54.6 Å². The number of unbranched alkanes of at least 4 members (excludes halogenated alkanes) is 1. The summed E-state index contributed by atoms with van der Waals surface area (Å²) >= 11 is 8.79. The highest BCUT2D eigenvalue weighted by molar-refractivity contribution is 8.19. The maximum Gasteiger partial charge on any atom is 0.416 e. The van der Waals surface area contributed by atoms with Gasteiger partial charge in [-0.1, -0.05) is 42.8 Å². The van der Waals surface area contributed by atoms with Crippen LogP contribution in [-0.2, 0) is 11.0 Å². The summed E-state index contributed by atoms with van der Waals surface area (Å²) in [6, 6.07) is 10.4. The SMILES string of the molecule is CCCCN1C(=O)/C(=C2/Sc3ccc(Cl)cc3N2C)SC1=Nc1cccc(C(F)(F)F)c1. The number of nitrogens with zero attached hydrogens (tertiary/aromatic N) is 3. The van der Waals surface area contributed by atoms with Crippen LogP contribution in [0.1, 0.15) is 25.3 Å². The molecule has 2 aromatic rings. The molecule has 2 heterocycles. The summed E-state index contributed by atoms with van der Waals surface area (Å²) in [7, 11) is 1.86. The molecule has 0 atom stereocenters. The van der Waals surface area contributed by atoms with Crippen molar-refractivity contribution in [2.24, 2.45) is 4.99 Å². The fourth-order valence-corrected chi connectivity index (χ4v) is 5.83. The molecule has 0 unspecified atom stereocenters. The number of rotatable bonds is 4. The molecule has 2 aliphatic heterocycles. The third-order valence-corrected chi connectivity index (χ3v) is 7.65. The minimum atomic E-state index is -4.46. The van der Waals surface area contributed by atoms with E-state index in [-0.39, 0.29) is 11.6 Å².